The molecule has 142 valence electrons. The van der Waals surface area contributed by atoms with Crippen molar-refractivity contribution >= 4 is 48.5 Å². The summed E-state index contributed by atoms with van der Waals surface area (Å²) in [6.45, 7) is 2.34. The number of amides is 1. The number of hydrogen-bond donors (Lipinski definition) is 0. The maximum atomic E-state index is 13.2. The highest BCUT2D eigenvalue weighted by Gasteiger charge is 2.25. The Kier molecular flexibility index (Phi) is 5.15. The normalized spacial score (nSPS) is 11.0. The third kappa shape index (κ3) is 3.53. The van der Waals surface area contributed by atoms with E-state index in [-0.39, 0.29) is 11.7 Å². The first-order valence-corrected chi connectivity index (χ1v) is 10.1. The minimum atomic E-state index is -0.273. The zero-order valence-electron chi connectivity index (χ0n) is 15.2. The lowest BCUT2D eigenvalue weighted by Crippen LogP contribution is -2.30. The molecule has 0 spiro atoms. The Bertz CT molecular complexity index is 1140. The number of fused-ring (bicyclic) bond motifs is 1. The monoisotopic (exact) mass is 457 g/mol. The topological polar surface area (TPSA) is 68.5 Å². The van der Waals surface area contributed by atoms with Crippen molar-refractivity contribution in [2.24, 2.45) is 0 Å². The van der Waals surface area contributed by atoms with Crippen LogP contribution in [0.5, 0.6) is 5.75 Å². The molecular formula is C20H16BrN3O3S. The molecular weight excluding hydrogens is 442 g/mol. The second-order valence-corrected chi connectivity index (χ2v) is 7.87. The first-order valence-electron chi connectivity index (χ1n) is 8.47. The molecule has 0 saturated carbocycles. The van der Waals surface area contributed by atoms with E-state index in [1.165, 1.54) is 11.3 Å². The molecule has 1 aromatic carbocycles. The van der Waals surface area contributed by atoms with Gasteiger partial charge in [0.25, 0.3) is 5.91 Å². The smallest absolute Gasteiger partial charge is 0.296 e. The molecule has 8 heteroatoms. The van der Waals surface area contributed by atoms with Gasteiger partial charge in [-0.1, -0.05) is 23.5 Å². The summed E-state index contributed by atoms with van der Waals surface area (Å²) in [7, 11) is 1.61. The molecule has 0 fully saturated rings. The van der Waals surface area contributed by atoms with Crippen molar-refractivity contribution in [3.63, 3.8) is 0 Å². The Labute approximate surface area is 173 Å². The number of benzene rings is 1. The number of carbonyl (C=O) groups excluding carboxylic acids is 1. The molecule has 4 rings (SSSR count). The quantitative estimate of drug-likeness (QED) is 0.411. The van der Waals surface area contributed by atoms with Crippen molar-refractivity contribution in [2.45, 2.75) is 13.5 Å². The predicted octanol–water partition coefficient (Wildman–Crippen LogP) is 5.21. The molecule has 0 bridgehead atoms. The lowest BCUT2D eigenvalue weighted by molar-refractivity contribution is 0.0957. The standard InChI is InChI=1S/C20H16BrN3O3S/c1-12-5-6-14(26-2)17-18(12)28-20(23-17)24(11-13-4-3-9-22-10-13)19(25)15-7-8-16(21)27-15/h3-10H,11H2,1-2H3. The van der Waals surface area contributed by atoms with Gasteiger partial charge < -0.3 is 9.15 Å². The lowest BCUT2D eigenvalue weighted by atomic mass is 10.2. The van der Waals surface area contributed by atoms with Gasteiger partial charge in [0.05, 0.1) is 18.4 Å². The highest BCUT2D eigenvalue weighted by molar-refractivity contribution is 9.10. The van der Waals surface area contributed by atoms with Gasteiger partial charge in [0, 0.05) is 12.4 Å². The van der Waals surface area contributed by atoms with Crippen LogP contribution < -0.4 is 9.64 Å². The van der Waals surface area contributed by atoms with Gasteiger partial charge in [-0.25, -0.2) is 4.98 Å². The Morgan fingerprint density at radius 1 is 1.29 bits per heavy atom. The van der Waals surface area contributed by atoms with E-state index in [1.807, 2.05) is 31.2 Å². The number of nitrogens with zero attached hydrogens (tertiary/aromatic N) is 3. The van der Waals surface area contributed by atoms with Gasteiger partial charge in [0.2, 0.25) is 0 Å². The molecule has 0 aliphatic carbocycles. The number of ether oxygens (including phenoxy) is 1. The van der Waals surface area contributed by atoms with Crippen LogP contribution in [0.25, 0.3) is 10.2 Å². The Hall–Kier alpha value is -2.71. The zero-order valence-corrected chi connectivity index (χ0v) is 17.6. The number of aryl methyl sites for hydroxylation is 1. The second-order valence-electron chi connectivity index (χ2n) is 6.12. The SMILES string of the molecule is COc1ccc(C)c2sc(N(Cc3cccnc3)C(=O)c3ccc(Br)o3)nc12. The fraction of sp³-hybridized carbons (Fsp3) is 0.150. The highest BCUT2D eigenvalue weighted by atomic mass is 79.9. The lowest BCUT2D eigenvalue weighted by Gasteiger charge is -2.18. The largest absolute Gasteiger partial charge is 0.494 e. The van der Waals surface area contributed by atoms with Crippen LogP contribution in [0.3, 0.4) is 0 Å². The van der Waals surface area contributed by atoms with E-state index in [0.29, 0.717) is 22.1 Å². The summed E-state index contributed by atoms with van der Waals surface area (Å²) in [6.07, 6.45) is 3.43. The number of furan rings is 1. The molecule has 4 aromatic rings. The third-order valence-electron chi connectivity index (χ3n) is 4.24. The van der Waals surface area contributed by atoms with Crippen LogP contribution in [0.15, 0.2) is 57.9 Å². The van der Waals surface area contributed by atoms with Crippen LogP contribution >= 0.6 is 27.3 Å². The van der Waals surface area contributed by atoms with Crippen LogP contribution in [0, 0.1) is 6.92 Å². The molecule has 0 aliphatic rings. The Morgan fingerprint density at radius 3 is 2.82 bits per heavy atom. The molecule has 28 heavy (non-hydrogen) atoms. The number of methoxy groups -OCH3 is 1. The number of hydrogen-bond acceptors (Lipinski definition) is 6. The molecule has 0 unspecified atom stereocenters. The number of aromatic nitrogens is 2. The van der Waals surface area contributed by atoms with Crippen molar-refractivity contribution < 1.29 is 13.9 Å². The minimum absolute atomic E-state index is 0.235. The van der Waals surface area contributed by atoms with Gasteiger partial charge in [0.1, 0.15) is 11.3 Å². The maximum absolute atomic E-state index is 13.2. The van der Waals surface area contributed by atoms with E-state index in [2.05, 4.69) is 20.9 Å². The average molecular weight is 458 g/mol. The van der Waals surface area contributed by atoms with Crippen molar-refractivity contribution in [1.29, 1.82) is 0 Å². The van der Waals surface area contributed by atoms with Crippen molar-refractivity contribution in [2.75, 3.05) is 12.0 Å². The van der Waals surface area contributed by atoms with Crippen LogP contribution in [0.2, 0.25) is 0 Å². The van der Waals surface area contributed by atoms with Crippen LogP contribution in [0.1, 0.15) is 21.7 Å². The van der Waals surface area contributed by atoms with E-state index in [4.69, 9.17) is 14.1 Å². The Morgan fingerprint density at radius 2 is 2.14 bits per heavy atom. The number of anilines is 1. The first-order chi connectivity index (χ1) is 13.6. The molecule has 0 radical (unpaired) electrons. The molecule has 3 heterocycles. The second kappa shape index (κ2) is 7.73. The predicted molar refractivity (Wildman–Crippen MR) is 112 cm³/mol. The number of rotatable bonds is 5. The van der Waals surface area contributed by atoms with E-state index in [1.54, 1.807) is 36.5 Å². The average Bonchev–Trinajstić information content (AvgIpc) is 3.34. The summed E-state index contributed by atoms with van der Waals surface area (Å²) in [5.74, 6) is 0.640. The summed E-state index contributed by atoms with van der Waals surface area (Å²) in [6, 6.07) is 11.0. The van der Waals surface area contributed by atoms with E-state index < -0.39 is 0 Å². The molecule has 0 saturated heterocycles. The van der Waals surface area contributed by atoms with Gasteiger partial charge >= 0.3 is 0 Å². The summed E-state index contributed by atoms with van der Waals surface area (Å²) in [5.41, 5.74) is 2.71. The molecule has 0 aliphatic heterocycles. The number of carbonyl (C=O) groups is 1. The van der Waals surface area contributed by atoms with Gasteiger partial charge in [-0.3, -0.25) is 14.7 Å². The Balaban J connectivity index is 1.82. The third-order valence-corrected chi connectivity index (χ3v) is 5.88. The van der Waals surface area contributed by atoms with Crippen molar-refractivity contribution in [1.82, 2.24) is 9.97 Å². The number of thiazole rings is 1. The molecule has 3 aromatic heterocycles. The highest BCUT2D eigenvalue weighted by Crippen LogP contribution is 2.37. The van der Waals surface area contributed by atoms with Gasteiger partial charge in [-0.05, 0) is 58.2 Å². The van der Waals surface area contributed by atoms with E-state index >= 15 is 0 Å². The number of pyridine rings is 1. The van der Waals surface area contributed by atoms with Gasteiger partial charge in [-0.15, -0.1) is 0 Å². The summed E-state index contributed by atoms with van der Waals surface area (Å²) >= 11 is 4.70. The first kappa shape index (κ1) is 18.6. The van der Waals surface area contributed by atoms with E-state index in [9.17, 15) is 4.79 Å². The van der Waals surface area contributed by atoms with E-state index in [0.717, 1.165) is 21.3 Å². The van der Waals surface area contributed by atoms with Crippen molar-refractivity contribution in [3.05, 3.63) is 70.3 Å². The van der Waals surface area contributed by atoms with Crippen molar-refractivity contribution in [3.8, 4) is 5.75 Å². The summed E-state index contributed by atoms with van der Waals surface area (Å²) in [4.78, 5) is 23.7. The molecule has 0 N–H and O–H groups in total. The van der Waals surface area contributed by atoms with Gasteiger partial charge in [0.15, 0.2) is 15.6 Å². The fourth-order valence-corrected chi connectivity index (χ4v) is 4.20. The molecule has 0 atom stereocenters. The zero-order chi connectivity index (χ0) is 19.7. The molecule has 1 amide bonds. The van der Waals surface area contributed by atoms with Gasteiger partial charge in [-0.2, -0.15) is 0 Å². The van der Waals surface area contributed by atoms with Crippen LogP contribution in [-0.2, 0) is 6.54 Å². The van der Waals surface area contributed by atoms with Crippen LogP contribution in [-0.4, -0.2) is 23.0 Å². The maximum Gasteiger partial charge on any atom is 0.296 e. The number of halogens is 1. The summed E-state index contributed by atoms with van der Waals surface area (Å²) < 4.78 is 12.4. The minimum Gasteiger partial charge on any atom is -0.494 e. The van der Waals surface area contributed by atoms with Crippen LogP contribution in [0.4, 0.5) is 5.13 Å². The summed E-state index contributed by atoms with van der Waals surface area (Å²) in [5, 5.41) is 0.573. The molecule has 6 nitrogen and oxygen atoms in total. The fourth-order valence-electron chi connectivity index (χ4n) is 2.84.